The van der Waals surface area contributed by atoms with E-state index in [1.807, 2.05) is 81.4 Å². The summed E-state index contributed by atoms with van der Waals surface area (Å²) in [5.74, 6) is -2.07. The second-order valence-electron chi connectivity index (χ2n) is 14.3. The van der Waals surface area contributed by atoms with E-state index in [1.165, 1.54) is 0 Å². The van der Waals surface area contributed by atoms with Gasteiger partial charge in [0.2, 0.25) is 0 Å². The number of hydrogen-bond donors (Lipinski definition) is 0. The zero-order chi connectivity index (χ0) is 30.8. The van der Waals surface area contributed by atoms with Crippen molar-refractivity contribution in [3.8, 4) is 0 Å². The standard InChI is InChI=1S/C35H41NO6/c1-33(2,3)40-30(37)25-23(19-20-15-11-10-12-16-20)24-26(27(25)31(38)41-34(4,5)6)29-22-18-14-13-17-21(22)28(24)36(29)32(39)42-35(7,8)9/h10-19,24,26,28-29H,1-9H3/b23-19+/t24-,26-,28+,29-/m1/s1. The number of rotatable bonds is 3. The summed E-state index contributed by atoms with van der Waals surface area (Å²) in [6.07, 6.45) is 1.50. The Hall–Kier alpha value is -3.87. The highest BCUT2D eigenvalue weighted by Gasteiger charge is 2.65. The Balaban J connectivity index is 1.78. The number of hydrogen-bond acceptors (Lipinski definition) is 6. The van der Waals surface area contributed by atoms with Crippen molar-refractivity contribution >= 4 is 24.1 Å². The second-order valence-corrected chi connectivity index (χ2v) is 14.3. The highest BCUT2D eigenvalue weighted by atomic mass is 16.6. The van der Waals surface area contributed by atoms with Crippen LogP contribution in [0.4, 0.5) is 4.79 Å². The van der Waals surface area contributed by atoms with Crippen LogP contribution in [0.5, 0.6) is 0 Å². The summed E-state index contributed by atoms with van der Waals surface area (Å²) in [4.78, 5) is 43.8. The first-order valence-electron chi connectivity index (χ1n) is 14.5. The number of nitrogens with zero attached hydrogens (tertiary/aromatic N) is 1. The molecule has 1 saturated heterocycles. The molecule has 5 rings (SSSR count). The molecule has 0 unspecified atom stereocenters. The van der Waals surface area contributed by atoms with Crippen molar-refractivity contribution in [1.82, 2.24) is 4.90 Å². The minimum Gasteiger partial charge on any atom is -0.457 e. The van der Waals surface area contributed by atoms with Gasteiger partial charge in [0.25, 0.3) is 0 Å². The average molecular weight is 572 g/mol. The van der Waals surface area contributed by atoms with Crippen molar-refractivity contribution in [2.75, 3.05) is 0 Å². The molecule has 0 aromatic heterocycles. The summed E-state index contributed by atoms with van der Waals surface area (Å²) >= 11 is 0. The summed E-state index contributed by atoms with van der Waals surface area (Å²) in [5, 5.41) is 0. The van der Waals surface area contributed by atoms with E-state index in [0.717, 1.165) is 16.7 Å². The van der Waals surface area contributed by atoms with Gasteiger partial charge in [-0.2, -0.15) is 0 Å². The number of carbonyl (C=O) groups excluding carboxylic acids is 3. The van der Waals surface area contributed by atoms with Gasteiger partial charge in [-0.25, -0.2) is 14.4 Å². The van der Waals surface area contributed by atoms with Gasteiger partial charge in [-0.1, -0.05) is 60.7 Å². The van der Waals surface area contributed by atoms with Gasteiger partial charge in [0, 0.05) is 11.8 Å². The van der Waals surface area contributed by atoms with Gasteiger partial charge in [0.05, 0.1) is 23.2 Å². The van der Waals surface area contributed by atoms with Crippen LogP contribution >= 0.6 is 0 Å². The van der Waals surface area contributed by atoms with Crippen molar-refractivity contribution in [2.24, 2.45) is 11.8 Å². The summed E-state index contributed by atoms with van der Waals surface area (Å²) < 4.78 is 17.8. The summed E-state index contributed by atoms with van der Waals surface area (Å²) in [6, 6.07) is 16.6. The maximum Gasteiger partial charge on any atom is 0.411 e. The van der Waals surface area contributed by atoms with Gasteiger partial charge in [-0.15, -0.1) is 0 Å². The molecule has 2 aromatic rings. The van der Waals surface area contributed by atoms with E-state index in [-0.39, 0.29) is 17.1 Å². The zero-order valence-electron chi connectivity index (χ0n) is 26.0. The van der Waals surface area contributed by atoms with E-state index in [2.05, 4.69) is 0 Å². The van der Waals surface area contributed by atoms with Crippen LogP contribution in [0.1, 0.15) is 91.1 Å². The summed E-state index contributed by atoms with van der Waals surface area (Å²) in [7, 11) is 0. The van der Waals surface area contributed by atoms with Crippen molar-refractivity contribution in [1.29, 1.82) is 0 Å². The Morgan fingerprint density at radius 3 is 1.64 bits per heavy atom. The van der Waals surface area contributed by atoms with E-state index in [4.69, 9.17) is 14.2 Å². The molecule has 7 nitrogen and oxygen atoms in total. The van der Waals surface area contributed by atoms with Crippen molar-refractivity contribution < 1.29 is 28.6 Å². The highest BCUT2D eigenvalue weighted by Crippen LogP contribution is 2.67. The first-order chi connectivity index (χ1) is 19.5. The van der Waals surface area contributed by atoms with Crippen LogP contribution in [0.15, 0.2) is 71.3 Å². The lowest BCUT2D eigenvalue weighted by atomic mass is 9.74. The molecule has 0 saturated carbocycles. The molecule has 0 radical (unpaired) electrons. The van der Waals surface area contributed by atoms with Crippen LogP contribution in [0.2, 0.25) is 0 Å². The fourth-order valence-corrected chi connectivity index (χ4v) is 6.40. The maximum atomic E-state index is 14.1. The van der Waals surface area contributed by atoms with Crippen molar-refractivity contribution in [3.63, 3.8) is 0 Å². The maximum absolute atomic E-state index is 14.1. The number of amides is 1. The van der Waals surface area contributed by atoms with Crippen LogP contribution in [-0.4, -0.2) is 39.7 Å². The smallest absolute Gasteiger partial charge is 0.411 e. The molecule has 0 spiro atoms. The highest BCUT2D eigenvalue weighted by molar-refractivity contribution is 6.07. The van der Waals surface area contributed by atoms with Crippen molar-refractivity contribution in [3.05, 3.63) is 88.0 Å². The monoisotopic (exact) mass is 571 g/mol. The van der Waals surface area contributed by atoms with E-state index < -0.39 is 52.8 Å². The molecular formula is C35H41NO6. The predicted octanol–water partition coefficient (Wildman–Crippen LogP) is 7.34. The van der Waals surface area contributed by atoms with Gasteiger partial charge in [-0.05, 0) is 84.6 Å². The van der Waals surface area contributed by atoms with E-state index in [9.17, 15) is 14.4 Å². The fourth-order valence-electron chi connectivity index (χ4n) is 6.40. The molecule has 3 aliphatic rings. The lowest BCUT2D eigenvalue weighted by Gasteiger charge is -2.30. The topological polar surface area (TPSA) is 82.1 Å². The molecule has 2 heterocycles. The Kier molecular flexibility index (Phi) is 7.15. The van der Waals surface area contributed by atoms with Crippen LogP contribution in [0, 0.1) is 11.8 Å². The molecule has 42 heavy (non-hydrogen) atoms. The van der Waals surface area contributed by atoms with Crippen LogP contribution < -0.4 is 0 Å². The Bertz CT molecular complexity index is 1480. The normalized spacial score (nSPS) is 24.0. The van der Waals surface area contributed by atoms with Crippen LogP contribution in [-0.2, 0) is 23.8 Å². The molecule has 1 amide bonds. The van der Waals surface area contributed by atoms with Gasteiger partial charge >= 0.3 is 18.0 Å². The molecular weight excluding hydrogens is 530 g/mol. The second kappa shape index (κ2) is 10.1. The van der Waals surface area contributed by atoms with Gasteiger partial charge in [0.15, 0.2) is 0 Å². The molecule has 2 aliphatic heterocycles. The third kappa shape index (κ3) is 5.49. The number of carbonyl (C=O) groups is 3. The van der Waals surface area contributed by atoms with Crippen LogP contribution in [0.3, 0.4) is 0 Å². The number of ether oxygens (including phenoxy) is 3. The van der Waals surface area contributed by atoms with Gasteiger partial charge < -0.3 is 14.2 Å². The molecule has 4 atom stereocenters. The quantitative estimate of drug-likeness (QED) is 0.283. The lowest BCUT2D eigenvalue weighted by molar-refractivity contribution is -0.153. The minimum atomic E-state index is -0.801. The fraction of sp³-hybridized carbons (Fsp3) is 0.457. The summed E-state index contributed by atoms with van der Waals surface area (Å²) in [5.41, 5.74) is 1.65. The molecule has 1 aliphatic carbocycles. The first kappa shape index (κ1) is 29.6. The van der Waals surface area contributed by atoms with E-state index in [1.54, 1.807) is 46.4 Å². The first-order valence-corrected chi connectivity index (χ1v) is 14.5. The molecule has 2 aromatic carbocycles. The third-order valence-electron chi connectivity index (χ3n) is 7.50. The molecule has 0 N–H and O–H groups in total. The Morgan fingerprint density at radius 2 is 1.12 bits per heavy atom. The Morgan fingerprint density at radius 1 is 0.643 bits per heavy atom. The molecule has 7 heteroatoms. The minimum absolute atomic E-state index is 0.227. The lowest BCUT2D eigenvalue weighted by Crippen LogP contribution is -2.37. The zero-order valence-corrected chi connectivity index (χ0v) is 26.0. The number of esters is 2. The molecule has 2 bridgehead atoms. The Labute approximate surface area is 248 Å². The van der Waals surface area contributed by atoms with E-state index >= 15 is 0 Å². The largest absolute Gasteiger partial charge is 0.457 e. The van der Waals surface area contributed by atoms with Gasteiger partial charge in [-0.3, -0.25) is 4.90 Å². The van der Waals surface area contributed by atoms with Crippen LogP contribution in [0.25, 0.3) is 6.08 Å². The molecule has 222 valence electrons. The van der Waals surface area contributed by atoms with Gasteiger partial charge in [0.1, 0.15) is 16.8 Å². The molecule has 1 fully saturated rings. The van der Waals surface area contributed by atoms with E-state index in [0.29, 0.717) is 5.57 Å². The third-order valence-corrected chi connectivity index (χ3v) is 7.50. The number of fused-ring (bicyclic) bond motifs is 8. The predicted molar refractivity (Wildman–Crippen MR) is 160 cm³/mol. The summed E-state index contributed by atoms with van der Waals surface area (Å²) in [6.45, 7) is 16.3. The average Bonchev–Trinajstić information content (AvgIpc) is 3.47. The SMILES string of the molecule is CC(C)(C)OC(=O)C1=C(C(=O)OC(C)(C)C)[C@H]2[C@@H](/C1=C\c1ccccc1)[C@@H]1c3ccccc3[C@H]2N1C(=O)OC(C)(C)C. The van der Waals surface area contributed by atoms with Crippen molar-refractivity contribution in [2.45, 2.75) is 91.2 Å². The number of benzene rings is 2.